The average molecular weight is 334 g/mol. The Morgan fingerprint density at radius 3 is 2.50 bits per heavy atom. The van der Waals surface area contributed by atoms with Crippen molar-refractivity contribution in [2.24, 2.45) is 5.73 Å². The summed E-state index contributed by atoms with van der Waals surface area (Å²) in [7, 11) is 2.07. The number of halogens is 1. The predicted molar refractivity (Wildman–Crippen MR) is 88.0 cm³/mol. The van der Waals surface area contributed by atoms with E-state index in [1.165, 1.54) is 16.7 Å². The average Bonchev–Trinajstić information content (AvgIpc) is 2.42. The van der Waals surface area contributed by atoms with E-state index in [2.05, 4.69) is 70.1 Å². The Balaban J connectivity index is 2.12. The van der Waals surface area contributed by atoms with E-state index in [-0.39, 0.29) is 0 Å². The Labute approximate surface area is 129 Å². The molecule has 2 rings (SSSR count). The van der Waals surface area contributed by atoms with Gasteiger partial charge in [0.05, 0.1) is 0 Å². The highest BCUT2D eigenvalue weighted by Gasteiger charge is 2.08. The minimum Gasteiger partial charge on any atom is -0.355 e. The van der Waals surface area contributed by atoms with Crippen LogP contribution in [0.3, 0.4) is 0 Å². The van der Waals surface area contributed by atoms with Gasteiger partial charge in [-0.25, -0.2) is 4.98 Å². The van der Waals surface area contributed by atoms with Gasteiger partial charge in [0.1, 0.15) is 5.82 Å². The molecule has 0 aliphatic carbocycles. The zero-order valence-electron chi connectivity index (χ0n) is 11.9. The van der Waals surface area contributed by atoms with Crippen LogP contribution in [-0.4, -0.2) is 18.6 Å². The second-order valence-corrected chi connectivity index (χ2v) is 5.92. The van der Waals surface area contributed by atoms with Crippen molar-refractivity contribution < 1.29 is 0 Å². The lowest BCUT2D eigenvalue weighted by Crippen LogP contribution is -2.19. The summed E-state index contributed by atoms with van der Waals surface area (Å²) >= 11 is 3.45. The highest BCUT2D eigenvalue weighted by molar-refractivity contribution is 9.10. The molecule has 0 aliphatic heterocycles. The third-order valence-electron chi connectivity index (χ3n) is 3.23. The summed E-state index contributed by atoms with van der Waals surface area (Å²) in [6.45, 7) is 3.60. The van der Waals surface area contributed by atoms with E-state index in [9.17, 15) is 0 Å². The second-order valence-electron chi connectivity index (χ2n) is 5.01. The zero-order chi connectivity index (χ0) is 14.5. The summed E-state index contributed by atoms with van der Waals surface area (Å²) in [5.41, 5.74) is 9.24. The van der Waals surface area contributed by atoms with Gasteiger partial charge in [0.2, 0.25) is 0 Å². The van der Waals surface area contributed by atoms with Crippen LogP contribution in [0, 0.1) is 6.92 Å². The number of hydrogen-bond donors (Lipinski definition) is 1. The Morgan fingerprint density at radius 2 is 1.90 bits per heavy atom. The molecule has 0 radical (unpaired) electrons. The molecule has 1 aromatic heterocycles. The summed E-state index contributed by atoms with van der Waals surface area (Å²) in [5.74, 6) is 1.02. The first kappa shape index (κ1) is 15.0. The molecule has 0 amide bonds. The molecule has 106 valence electrons. The third-order valence-corrected chi connectivity index (χ3v) is 3.76. The summed E-state index contributed by atoms with van der Waals surface area (Å²) < 4.78 is 1.10. The van der Waals surface area contributed by atoms with E-state index < -0.39 is 0 Å². The molecule has 4 heteroatoms. The molecule has 2 aromatic rings. The maximum absolute atomic E-state index is 5.58. The van der Waals surface area contributed by atoms with Crippen LogP contribution in [0.4, 0.5) is 5.82 Å². The van der Waals surface area contributed by atoms with Crippen LogP contribution in [0.15, 0.2) is 41.0 Å². The molecule has 0 unspecified atom stereocenters. The van der Waals surface area contributed by atoms with Crippen molar-refractivity contribution in [3.05, 3.63) is 57.7 Å². The highest BCUT2D eigenvalue weighted by Crippen LogP contribution is 2.19. The first-order valence-electron chi connectivity index (χ1n) is 6.71. The Kier molecular flexibility index (Phi) is 5.15. The number of nitrogens with zero attached hydrogens (tertiary/aromatic N) is 2. The second kappa shape index (κ2) is 6.86. The molecule has 0 aliphatic rings. The van der Waals surface area contributed by atoms with Crippen molar-refractivity contribution in [2.45, 2.75) is 19.9 Å². The van der Waals surface area contributed by atoms with Crippen LogP contribution in [0.25, 0.3) is 0 Å². The lowest BCUT2D eigenvalue weighted by atomic mass is 10.1. The zero-order valence-corrected chi connectivity index (χ0v) is 13.5. The molecular formula is C16H20BrN3. The fraction of sp³-hybridized carbons (Fsp3) is 0.312. The van der Waals surface area contributed by atoms with Gasteiger partial charge in [-0.1, -0.05) is 34.1 Å². The molecule has 3 nitrogen and oxygen atoms in total. The number of hydrogen-bond acceptors (Lipinski definition) is 3. The van der Waals surface area contributed by atoms with E-state index >= 15 is 0 Å². The van der Waals surface area contributed by atoms with Crippen molar-refractivity contribution in [1.82, 2.24) is 4.98 Å². The molecular weight excluding hydrogens is 314 g/mol. The summed E-state index contributed by atoms with van der Waals surface area (Å²) in [4.78, 5) is 6.74. The number of benzene rings is 1. The first-order chi connectivity index (χ1) is 9.60. The number of nitrogens with two attached hydrogens (primary N) is 1. The van der Waals surface area contributed by atoms with E-state index in [0.29, 0.717) is 6.54 Å². The lowest BCUT2D eigenvalue weighted by molar-refractivity contribution is 0.881. The Hall–Kier alpha value is -1.39. The van der Waals surface area contributed by atoms with Crippen LogP contribution >= 0.6 is 15.9 Å². The van der Waals surface area contributed by atoms with Crippen molar-refractivity contribution >= 4 is 21.7 Å². The van der Waals surface area contributed by atoms with Crippen LogP contribution in [-0.2, 0) is 13.0 Å². The highest BCUT2D eigenvalue weighted by atomic mass is 79.9. The fourth-order valence-corrected chi connectivity index (χ4v) is 2.53. The Morgan fingerprint density at radius 1 is 1.20 bits per heavy atom. The Bertz CT molecular complexity index is 566. The smallest absolute Gasteiger partial charge is 0.131 e. The maximum Gasteiger partial charge on any atom is 0.131 e. The van der Waals surface area contributed by atoms with E-state index in [4.69, 9.17) is 5.73 Å². The molecule has 1 aromatic carbocycles. The quantitative estimate of drug-likeness (QED) is 0.912. The minimum absolute atomic E-state index is 0.662. The molecule has 0 fully saturated rings. The number of pyridine rings is 1. The van der Waals surface area contributed by atoms with Crippen molar-refractivity contribution in [1.29, 1.82) is 0 Å². The molecule has 0 atom stereocenters. The SMILES string of the molecule is Cc1cc(CCN)cnc1N(C)Cc1ccc(Br)cc1. The number of aryl methyl sites for hydroxylation is 1. The molecule has 0 spiro atoms. The number of aromatic nitrogens is 1. The molecule has 1 heterocycles. The molecule has 20 heavy (non-hydrogen) atoms. The van der Waals surface area contributed by atoms with Crippen molar-refractivity contribution in [3.63, 3.8) is 0 Å². The van der Waals surface area contributed by atoms with Crippen LogP contribution < -0.4 is 10.6 Å². The normalized spacial score (nSPS) is 10.6. The van der Waals surface area contributed by atoms with Crippen molar-refractivity contribution in [3.8, 4) is 0 Å². The maximum atomic E-state index is 5.58. The summed E-state index contributed by atoms with van der Waals surface area (Å²) in [6, 6.07) is 10.5. The topological polar surface area (TPSA) is 42.1 Å². The van der Waals surface area contributed by atoms with Crippen LogP contribution in [0.2, 0.25) is 0 Å². The summed E-state index contributed by atoms with van der Waals surface area (Å²) in [6.07, 6.45) is 2.80. The predicted octanol–water partition coefficient (Wildman–Crippen LogP) is 3.29. The van der Waals surface area contributed by atoms with Gasteiger partial charge in [-0.3, -0.25) is 0 Å². The van der Waals surface area contributed by atoms with Gasteiger partial charge in [-0.15, -0.1) is 0 Å². The van der Waals surface area contributed by atoms with Gasteiger partial charge < -0.3 is 10.6 Å². The monoisotopic (exact) mass is 333 g/mol. The van der Waals surface area contributed by atoms with Gasteiger partial charge in [-0.2, -0.15) is 0 Å². The fourth-order valence-electron chi connectivity index (χ4n) is 2.27. The van der Waals surface area contributed by atoms with Crippen LogP contribution in [0.5, 0.6) is 0 Å². The van der Waals surface area contributed by atoms with Gasteiger partial charge in [-0.05, 0) is 48.7 Å². The lowest BCUT2D eigenvalue weighted by Gasteiger charge is -2.20. The largest absolute Gasteiger partial charge is 0.355 e. The van der Waals surface area contributed by atoms with Crippen LogP contribution in [0.1, 0.15) is 16.7 Å². The first-order valence-corrected chi connectivity index (χ1v) is 7.50. The number of anilines is 1. The third kappa shape index (κ3) is 3.81. The standard InChI is InChI=1S/C16H20BrN3/c1-12-9-14(7-8-18)10-19-16(12)20(2)11-13-3-5-15(17)6-4-13/h3-6,9-10H,7-8,11,18H2,1-2H3. The van der Waals surface area contributed by atoms with E-state index in [1.54, 1.807) is 0 Å². The van der Waals surface area contributed by atoms with Crippen molar-refractivity contribution in [2.75, 3.05) is 18.5 Å². The molecule has 0 saturated carbocycles. The van der Waals surface area contributed by atoms with E-state index in [1.807, 2.05) is 6.20 Å². The van der Waals surface area contributed by atoms with Gasteiger partial charge in [0, 0.05) is 24.3 Å². The van der Waals surface area contributed by atoms with E-state index in [0.717, 1.165) is 23.3 Å². The molecule has 0 saturated heterocycles. The number of rotatable bonds is 5. The van der Waals surface area contributed by atoms with Gasteiger partial charge in [0.15, 0.2) is 0 Å². The van der Waals surface area contributed by atoms with Gasteiger partial charge >= 0.3 is 0 Å². The molecule has 2 N–H and O–H groups in total. The minimum atomic E-state index is 0.662. The van der Waals surface area contributed by atoms with Gasteiger partial charge in [0.25, 0.3) is 0 Å². The molecule has 0 bridgehead atoms. The summed E-state index contributed by atoms with van der Waals surface area (Å²) in [5, 5.41) is 0.